The number of rotatable bonds is 4. The Hall–Kier alpha value is -1.10. The fourth-order valence-corrected chi connectivity index (χ4v) is 2.47. The largest absolute Gasteiger partial charge is 0.312 e. The highest BCUT2D eigenvalue weighted by Crippen LogP contribution is 2.42. The fourth-order valence-electron chi connectivity index (χ4n) is 2.47. The summed E-state index contributed by atoms with van der Waals surface area (Å²) in [6.07, 6.45) is 4.52. The maximum absolute atomic E-state index is 13.1. The van der Waals surface area contributed by atoms with Crippen molar-refractivity contribution in [1.29, 1.82) is 0 Å². The van der Waals surface area contributed by atoms with Crippen molar-refractivity contribution in [3.63, 3.8) is 0 Å². The van der Waals surface area contributed by atoms with Crippen molar-refractivity contribution >= 4 is 0 Å². The van der Waals surface area contributed by atoms with Gasteiger partial charge in [0.25, 0.3) is 0 Å². The molecule has 1 aromatic rings. The summed E-state index contributed by atoms with van der Waals surface area (Å²) in [4.78, 5) is 8.03. The third-order valence-electron chi connectivity index (χ3n) is 3.39. The number of nitrogens with zero attached hydrogens (tertiary/aromatic N) is 2. The number of hydrogen-bond acceptors (Lipinski definition) is 3. The first-order valence-electron chi connectivity index (χ1n) is 5.92. The molecule has 94 valence electrons. The summed E-state index contributed by atoms with van der Waals surface area (Å²) in [6, 6.07) is 1.87. The van der Waals surface area contributed by atoms with Gasteiger partial charge in [0.05, 0.1) is 5.69 Å². The van der Waals surface area contributed by atoms with Gasteiger partial charge in [-0.05, 0) is 31.9 Å². The molecule has 0 aromatic carbocycles. The number of nitrogens with one attached hydrogen (secondary N) is 1. The van der Waals surface area contributed by atoms with Crippen molar-refractivity contribution in [2.75, 3.05) is 7.05 Å². The molecule has 2 unspecified atom stereocenters. The first-order valence-corrected chi connectivity index (χ1v) is 5.92. The lowest BCUT2D eigenvalue weighted by atomic mass is 9.96. The predicted molar refractivity (Wildman–Crippen MR) is 60.7 cm³/mol. The smallest absolute Gasteiger partial charge is 0.248 e. The van der Waals surface area contributed by atoms with Gasteiger partial charge in [-0.2, -0.15) is 0 Å². The molecule has 1 saturated carbocycles. The van der Waals surface area contributed by atoms with Crippen LogP contribution >= 0.6 is 0 Å². The Labute approximate surface area is 99.7 Å². The average Bonchev–Trinajstić information content (AvgIpc) is 2.67. The number of alkyl halides is 2. The second-order valence-corrected chi connectivity index (χ2v) is 4.68. The standard InChI is InChI=1S/C12H17F2N3/c1-15-11(10-3-5-16-8-17-10)6-9-2-4-12(13,14)7-9/h3,5,8-9,11,15H,2,4,6-7H2,1H3. The lowest BCUT2D eigenvalue weighted by Gasteiger charge is -2.19. The average molecular weight is 241 g/mol. The molecule has 17 heavy (non-hydrogen) atoms. The lowest BCUT2D eigenvalue weighted by molar-refractivity contribution is 0.00431. The third kappa shape index (κ3) is 3.19. The Morgan fingerprint density at radius 2 is 2.41 bits per heavy atom. The quantitative estimate of drug-likeness (QED) is 0.880. The Morgan fingerprint density at radius 3 is 2.94 bits per heavy atom. The molecule has 1 aromatic heterocycles. The maximum Gasteiger partial charge on any atom is 0.248 e. The molecular weight excluding hydrogens is 224 g/mol. The monoisotopic (exact) mass is 241 g/mol. The van der Waals surface area contributed by atoms with Crippen LogP contribution in [0.2, 0.25) is 0 Å². The van der Waals surface area contributed by atoms with Crippen LogP contribution in [-0.4, -0.2) is 22.9 Å². The molecule has 0 radical (unpaired) electrons. The van der Waals surface area contributed by atoms with Gasteiger partial charge in [0.1, 0.15) is 6.33 Å². The van der Waals surface area contributed by atoms with Crippen LogP contribution in [0.15, 0.2) is 18.6 Å². The van der Waals surface area contributed by atoms with Crippen molar-refractivity contribution in [2.45, 2.75) is 37.6 Å². The van der Waals surface area contributed by atoms with Gasteiger partial charge < -0.3 is 5.32 Å². The van der Waals surface area contributed by atoms with E-state index in [0.717, 1.165) is 5.69 Å². The van der Waals surface area contributed by atoms with Crippen LogP contribution in [0.5, 0.6) is 0 Å². The molecule has 1 aliphatic rings. The summed E-state index contributed by atoms with van der Waals surface area (Å²) in [6.45, 7) is 0. The van der Waals surface area contributed by atoms with Crippen molar-refractivity contribution in [1.82, 2.24) is 15.3 Å². The molecule has 1 aliphatic carbocycles. The summed E-state index contributed by atoms with van der Waals surface area (Å²) in [5.41, 5.74) is 0.873. The summed E-state index contributed by atoms with van der Waals surface area (Å²) in [7, 11) is 1.83. The predicted octanol–water partition coefficient (Wildman–Crippen LogP) is 2.56. The SMILES string of the molecule is CNC(CC1CCC(F)(F)C1)c1ccncn1. The molecule has 1 heterocycles. The summed E-state index contributed by atoms with van der Waals surface area (Å²) < 4.78 is 26.2. The molecule has 0 saturated heterocycles. The summed E-state index contributed by atoms with van der Waals surface area (Å²) >= 11 is 0. The molecular formula is C12H17F2N3. The molecule has 1 N–H and O–H groups in total. The normalized spacial score (nSPS) is 24.8. The van der Waals surface area contributed by atoms with Crippen LogP contribution in [0.1, 0.15) is 37.4 Å². The highest BCUT2D eigenvalue weighted by molar-refractivity contribution is 5.05. The van der Waals surface area contributed by atoms with Crippen LogP contribution in [-0.2, 0) is 0 Å². The Bertz CT molecular complexity index is 356. The highest BCUT2D eigenvalue weighted by atomic mass is 19.3. The van der Waals surface area contributed by atoms with Crippen LogP contribution in [0.25, 0.3) is 0 Å². The summed E-state index contributed by atoms with van der Waals surface area (Å²) in [5, 5.41) is 3.14. The molecule has 3 nitrogen and oxygen atoms in total. The van der Waals surface area contributed by atoms with Crippen LogP contribution < -0.4 is 5.32 Å². The lowest BCUT2D eigenvalue weighted by Crippen LogP contribution is -2.21. The van der Waals surface area contributed by atoms with E-state index in [-0.39, 0.29) is 24.8 Å². The zero-order valence-corrected chi connectivity index (χ0v) is 9.87. The van der Waals surface area contributed by atoms with Crippen molar-refractivity contribution in [3.8, 4) is 0 Å². The number of hydrogen-bond donors (Lipinski definition) is 1. The van der Waals surface area contributed by atoms with E-state index < -0.39 is 5.92 Å². The van der Waals surface area contributed by atoms with Crippen molar-refractivity contribution in [2.24, 2.45) is 5.92 Å². The van der Waals surface area contributed by atoms with Gasteiger partial charge in [-0.1, -0.05) is 0 Å². The molecule has 5 heteroatoms. The van der Waals surface area contributed by atoms with Crippen LogP contribution in [0.3, 0.4) is 0 Å². The molecule has 0 aliphatic heterocycles. The molecule has 0 spiro atoms. The minimum absolute atomic E-state index is 0.0102. The van der Waals surface area contributed by atoms with Crippen molar-refractivity contribution in [3.05, 3.63) is 24.3 Å². The van der Waals surface area contributed by atoms with E-state index in [0.29, 0.717) is 12.8 Å². The van der Waals surface area contributed by atoms with E-state index in [4.69, 9.17) is 0 Å². The zero-order chi connectivity index (χ0) is 12.3. The highest BCUT2D eigenvalue weighted by Gasteiger charge is 2.40. The molecule has 0 amide bonds. The fraction of sp³-hybridized carbons (Fsp3) is 0.667. The minimum atomic E-state index is -2.46. The summed E-state index contributed by atoms with van der Waals surface area (Å²) in [5.74, 6) is -2.38. The maximum atomic E-state index is 13.1. The first kappa shape index (κ1) is 12.4. The van der Waals surface area contributed by atoms with Gasteiger partial charge in [-0.25, -0.2) is 18.7 Å². The number of aromatic nitrogens is 2. The van der Waals surface area contributed by atoms with E-state index >= 15 is 0 Å². The first-order chi connectivity index (χ1) is 8.11. The molecule has 1 fully saturated rings. The second kappa shape index (κ2) is 5.04. The van der Waals surface area contributed by atoms with Gasteiger partial charge in [0.2, 0.25) is 5.92 Å². The van der Waals surface area contributed by atoms with Gasteiger partial charge in [0, 0.05) is 25.1 Å². The zero-order valence-electron chi connectivity index (χ0n) is 9.87. The van der Waals surface area contributed by atoms with Gasteiger partial charge in [-0.15, -0.1) is 0 Å². The van der Waals surface area contributed by atoms with Gasteiger partial charge in [-0.3, -0.25) is 0 Å². The van der Waals surface area contributed by atoms with E-state index in [1.54, 1.807) is 6.20 Å². The topological polar surface area (TPSA) is 37.8 Å². The third-order valence-corrected chi connectivity index (χ3v) is 3.39. The van der Waals surface area contributed by atoms with E-state index in [1.807, 2.05) is 13.1 Å². The number of halogens is 2. The van der Waals surface area contributed by atoms with Crippen LogP contribution in [0.4, 0.5) is 8.78 Å². The second-order valence-electron chi connectivity index (χ2n) is 4.68. The Balaban J connectivity index is 1.97. The Morgan fingerprint density at radius 1 is 1.59 bits per heavy atom. The van der Waals surface area contributed by atoms with Crippen LogP contribution in [0, 0.1) is 5.92 Å². The molecule has 0 bridgehead atoms. The van der Waals surface area contributed by atoms with E-state index in [1.165, 1.54) is 6.33 Å². The van der Waals surface area contributed by atoms with Gasteiger partial charge >= 0.3 is 0 Å². The van der Waals surface area contributed by atoms with E-state index in [2.05, 4.69) is 15.3 Å². The molecule has 2 atom stereocenters. The minimum Gasteiger partial charge on any atom is -0.312 e. The molecule has 2 rings (SSSR count). The van der Waals surface area contributed by atoms with E-state index in [9.17, 15) is 8.78 Å². The Kier molecular flexibility index (Phi) is 3.66. The van der Waals surface area contributed by atoms with Crippen molar-refractivity contribution < 1.29 is 8.78 Å². The van der Waals surface area contributed by atoms with Gasteiger partial charge in [0.15, 0.2) is 0 Å².